The molecule has 0 aromatic rings. The van der Waals surface area contributed by atoms with E-state index >= 15 is 0 Å². The Morgan fingerprint density at radius 3 is 2.08 bits per heavy atom. The van der Waals surface area contributed by atoms with E-state index in [1.807, 2.05) is 0 Å². The highest BCUT2D eigenvalue weighted by atomic mass is 19.3. The van der Waals surface area contributed by atoms with Gasteiger partial charge in [-0.05, 0) is 12.8 Å². The standard InChI is InChI=1S/C16H25F2N3O3/c1-11(22)20-7-8-21(10-13(9-20)14(23)19-2)15(24)12-3-5-16(17,18)6-4-12/h12-13H,3-10H2,1-2H3,(H,19,23)/t13-/m0/s1. The minimum absolute atomic E-state index is 0.143. The lowest BCUT2D eigenvalue weighted by Gasteiger charge is -2.32. The predicted molar refractivity (Wildman–Crippen MR) is 83.3 cm³/mol. The molecule has 6 nitrogen and oxygen atoms in total. The second-order valence-corrected chi connectivity index (χ2v) is 6.69. The Labute approximate surface area is 140 Å². The molecule has 0 radical (unpaired) electrons. The molecule has 1 aliphatic heterocycles. The van der Waals surface area contributed by atoms with Gasteiger partial charge in [-0.3, -0.25) is 14.4 Å². The van der Waals surface area contributed by atoms with Crippen molar-refractivity contribution in [2.75, 3.05) is 33.2 Å². The van der Waals surface area contributed by atoms with E-state index in [0.717, 1.165) is 0 Å². The van der Waals surface area contributed by atoms with Crippen LogP contribution in [0.1, 0.15) is 32.6 Å². The number of carbonyl (C=O) groups is 3. The summed E-state index contributed by atoms with van der Waals surface area (Å²) in [6.07, 6.45) is -0.196. The van der Waals surface area contributed by atoms with Crippen molar-refractivity contribution in [3.8, 4) is 0 Å². The van der Waals surface area contributed by atoms with Crippen molar-refractivity contribution in [2.24, 2.45) is 11.8 Å². The zero-order valence-electron chi connectivity index (χ0n) is 14.2. The predicted octanol–water partition coefficient (Wildman–Crippen LogP) is 0.865. The lowest BCUT2D eigenvalue weighted by atomic mass is 9.85. The maximum atomic E-state index is 13.3. The van der Waals surface area contributed by atoms with E-state index in [2.05, 4.69) is 5.32 Å². The Kier molecular flexibility index (Phi) is 5.77. The lowest BCUT2D eigenvalue weighted by Crippen LogP contribution is -2.44. The minimum Gasteiger partial charge on any atom is -0.359 e. The molecule has 2 aliphatic rings. The number of rotatable bonds is 2. The van der Waals surface area contributed by atoms with E-state index in [0.29, 0.717) is 13.1 Å². The first-order valence-electron chi connectivity index (χ1n) is 8.37. The van der Waals surface area contributed by atoms with Crippen LogP contribution in [-0.2, 0) is 14.4 Å². The molecular weight excluding hydrogens is 320 g/mol. The van der Waals surface area contributed by atoms with E-state index < -0.39 is 17.8 Å². The molecule has 1 saturated carbocycles. The van der Waals surface area contributed by atoms with Crippen molar-refractivity contribution in [1.82, 2.24) is 15.1 Å². The largest absolute Gasteiger partial charge is 0.359 e. The van der Waals surface area contributed by atoms with Gasteiger partial charge in [0.1, 0.15) is 0 Å². The zero-order chi connectivity index (χ0) is 17.9. The fourth-order valence-electron chi connectivity index (χ4n) is 3.42. The third kappa shape index (κ3) is 4.42. The number of nitrogens with one attached hydrogen (secondary N) is 1. The second kappa shape index (κ2) is 7.44. The van der Waals surface area contributed by atoms with Crippen LogP contribution >= 0.6 is 0 Å². The summed E-state index contributed by atoms with van der Waals surface area (Å²) >= 11 is 0. The van der Waals surface area contributed by atoms with Gasteiger partial charge >= 0.3 is 0 Å². The third-order valence-corrected chi connectivity index (χ3v) is 4.96. The number of halogens is 2. The number of hydrogen-bond donors (Lipinski definition) is 1. The molecule has 1 heterocycles. The molecule has 0 spiro atoms. The molecule has 1 aliphatic carbocycles. The van der Waals surface area contributed by atoms with E-state index in [-0.39, 0.29) is 56.5 Å². The molecule has 0 unspecified atom stereocenters. The Balaban J connectivity index is 2.06. The Morgan fingerprint density at radius 1 is 1.00 bits per heavy atom. The molecule has 1 atom stereocenters. The van der Waals surface area contributed by atoms with Crippen molar-refractivity contribution in [2.45, 2.75) is 38.5 Å². The van der Waals surface area contributed by atoms with Crippen LogP contribution in [0.5, 0.6) is 0 Å². The Bertz CT molecular complexity index is 503. The van der Waals surface area contributed by atoms with Crippen molar-refractivity contribution >= 4 is 17.7 Å². The summed E-state index contributed by atoms with van der Waals surface area (Å²) in [4.78, 5) is 39.5. The fraction of sp³-hybridized carbons (Fsp3) is 0.812. The van der Waals surface area contributed by atoms with Gasteiger partial charge in [0.15, 0.2) is 0 Å². The van der Waals surface area contributed by atoms with E-state index in [1.165, 1.54) is 14.0 Å². The highest BCUT2D eigenvalue weighted by molar-refractivity contribution is 5.83. The van der Waals surface area contributed by atoms with Gasteiger partial charge < -0.3 is 15.1 Å². The van der Waals surface area contributed by atoms with Gasteiger partial charge in [-0.25, -0.2) is 8.78 Å². The summed E-state index contributed by atoms with van der Waals surface area (Å²) < 4.78 is 26.6. The van der Waals surface area contributed by atoms with Crippen LogP contribution in [0.3, 0.4) is 0 Å². The summed E-state index contributed by atoms with van der Waals surface area (Å²) in [5.74, 6) is -4.14. The first-order valence-corrected chi connectivity index (χ1v) is 8.37. The Hall–Kier alpha value is -1.73. The molecule has 1 N–H and O–H groups in total. The summed E-state index contributed by atoms with van der Waals surface area (Å²) in [5.41, 5.74) is 0. The number of carbonyl (C=O) groups excluding carboxylic acids is 3. The smallest absolute Gasteiger partial charge is 0.248 e. The number of nitrogens with zero attached hydrogens (tertiary/aromatic N) is 2. The summed E-state index contributed by atoms with van der Waals surface area (Å²) in [6.45, 7) is 2.61. The second-order valence-electron chi connectivity index (χ2n) is 6.69. The molecular formula is C16H25F2N3O3. The maximum Gasteiger partial charge on any atom is 0.248 e. The van der Waals surface area contributed by atoms with Gasteiger partial charge in [-0.2, -0.15) is 0 Å². The van der Waals surface area contributed by atoms with Crippen molar-refractivity contribution < 1.29 is 23.2 Å². The zero-order valence-corrected chi connectivity index (χ0v) is 14.2. The lowest BCUT2D eigenvalue weighted by molar-refractivity contribution is -0.140. The third-order valence-electron chi connectivity index (χ3n) is 4.96. The van der Waals surface area contributed by atoms with Gasteiger partial charge in [0, 0.05) is 58.9 Å². The fourth-order valence-corrected chi connectivity index (χ4v) is 3.42. The topological polar surface area (TPSA) is 69.7 Å². The first-order chi connectivity index (χ1) is 11.2. The van der Waals surface area contributed by atoms with E-state index in [4.69, 9.17) is 0 Å². The van der Waals surface area contributed by atoms with Crippen LogP contribution < -0.4 is 5.32 Å². The molecule has 2 fully saturated rings. The maximum absolute atomic E-state index is 13.3. The molecule has 136 valence electrons. The van der Waals surface area contributed by atoms with E-state index in [9.17, 15) is 23.2 Å². The van der Waals surface area contributed by atoms with Crippen molar-refractivity contribution in [1.29, 1.82) is 0 Å². The Morgan fingerprint density at radius 2 is 1.54 bits per heavy atom. The summed E-state index contributed by atoms with van der Waals surface area (Å²) in [5, 5.41) is 2.56. The average Bonchev–Trinajstić information content (AvgIpc) is 2.76. The SMILES string of the molecule is CNC(=O)[C@H]1CN(C(C)=O)CCN(C(=O)C2CCC(F)(F)CC2)C1. The van der Waals surface area contributed by atoms with Gasteiger partial charge in [0.05, 0.1) is 5.92 Å². The van der Waals surface area contributed by atoms with Crippen molar-refractivity contribution in [3.05, 3.63) is 0 Å². The summed E-state index contributed by atoms with van der Waals surface area (Å²) in [7, 11) is 1.51. The monoisotopic (exact) mass is 345 g/mol. The molecule has 8 heteroatoms. The highest BCUT2D eigenvalue weighted by Crippen LogP contribution is 2.37. The van der Waals surface area contributed by atoms with Crippen LogP contribution in [0.4, 0.5) is 8.78 Å². The van der Waals surface area contributed by atoms with Crippen molar-refractivity contribution in [3.63, 3.8) is 0 Å². The van der Waals surface area contributed by atoms with Crippen LogP contribution in [0.25, 0.3) is 0 Å². The molecule has 0 aromatic carbocycles. The summed E-state index contributed by atoms with van der Waals surface area (Å²) in [6, 6.07) is 0. The molecule has 24 heavy (non-hydrogen) atoms. The quantitative estimate of drug-likeness (QED) is 0.807. The molecule has 1 saturated heterocycles. The minimum atomic E-state index is -2.67. The first kappa shape index (κ1) is 18.6. The van der Waals surface area contributed by atoms with Crippen LogP contribution in [0.15, 0.2) is 0 Å². The number of alkyl halides is 2. The normalized spacial score (nSPS) is 25.1. The van der Waals surface area contributed by atoms with Crippen LogP contribution in [0.2, 0.25) is 0 Å². The number of amides is 3. The van der Waals surface area contributed by atoms with Gasteiger partial charge in [-0.15, -0.1) is 0 Å². The van der Waals surface area contributed by atoms with E-state index in [1.54, 1.807) is 9.80 Å². The molecule has 2 rings (SSSR count). The molecule has 3 amide bonds. The molecule has 0 bridgehead atoms. The average molecular weight is 345 g/mol. The van der Waals surface area contributed by atoms with Gasteiger partial charge in [0.25, 0.3) is 0 Å². The number of hydrogen-bond acceptors (Lipinski definition) is 3. The van der Waals surface area contributed by atoms with Gasteiger partial charge in [-0.1, -0.05) is 0 Å². The van der Waals surface area contributed by atoms with Crippen LogP contribution in [0, 0.1) is 11.8 Å². The van der Waals surface area contributed by atoms with Crippen LogP contribution in [-0.4, -0.2) is 66.7 Å². The molecule has 0 aromatic heterocycles. The van der Waals surface area contributed by atoms with Gasteiger partial charge in [0.2, 0.25) is 23.6 Å². The highest BCUT2D eigenvalue weighted by Gasteiger charge is 2.40.